The normalized spacial score (nSPS) is 11.5. The first kappa shape index (κ1) is 21.6. The van der Waals surface area contributed by atoms with E-state index in [4.69, 9.17) is 4.74 Å². The first-order valence-corrected chi connectivity index (χ1v) is 8.93. The van der Waals surface area contributed by atoms with Crippen molar-refractivity contribution in [3.8, 4) is 23.0 Å². The summed E-state index contributed by atoms with van der Waals surface area (Å²) in [6.45, 7) is 5.43. The zero-order valence-electron chi connectivity index (χ0n) is 15.9. The number of benzene rings is 2. The van der Waals surface area contributed by atoms with Crippen molar-refractivity contribution in [1.82, 2.24) is 0 Å². The van der Waals surface area contributed by atoms with Crippen LogP contribution in [0.5, 0.6) is 23.0 Å². The molecule has 0 unspecified atom stereocenters. The maximum Gasteiger partial charge on any atom is 0.329 e. The fraction of sp³-hybridized carbons (Fsp3) is 0.238. The first-order valence-electron chi connectivity index (χ1n) is 8.93. The van der Waals surface area contributed by atoms with Crippen LogP contribution in [0.4, 0.5) is 5.69 Å². The van der Waals surface area contributed by atoms with Crippen LogP contribution in [0.1, 0.15) is 18.9 Å². The van der Waals surface area contributed by atoms with Crippen LogP contribution in [0.25, 0.3) is 0 Å². The third kappa shape index (κ3) is 5.19. The van der Waals surface area contributed by atoms with E-state index in [9.17, 15) is 30.0 Å². The van der Waals surface area contributed by atoms with E-state index in [2.05, 4.69) is 6.58 Å². The van der Waals surface area contributed by atoms with Crippen LogP contribution in [0, 0.1) is 0 Å². The standard InChI is InChI=1S/C21H23NO7/c1-3-9-29-21(28)15(10-13-5-7-16(23)18(25)11-13)22(20(27)4-2)14-6-8-17(24)19(26)12-14/h4-8,11-12,15,23-26H,2-3,9-10H2,1H3/t15-/m1/s1. The van der Waals surface area contributed by atoms with Crippen LogP contribution < -0.4 is 4.90 Å². The monoisotopic (exact) mass is 401 g/mol. The van der Waals surface area contributed by atoms with Crippen LogP contribution in [-0.4, -0.2) is 45.0 Å². The van der Waals surface area contributed by atoms with Gasteiger partial charge in [-0.1, -0.05) is 19.6 Å². The highest BCUT2D eigenvalue weighted by atomic mass is 16.5. The summed E-state index contributed by atoms with van der Waals surface area (Å²) in [7, 11) is 0. The predicted octanol–water partition coefficient (Wildman–Crippen LogP) is 2.59. The Morgan fingerprint density at radius 3 is 2.21 bits per heavy atom. The Morgan fingerprint density at radius 1 is 1.03 bits per heavy atom. The van der Waals surface area contributed by atoms with Crippen LogP contribution in [-0.2, 0) is 20.7 Å². The Labute approximate surface area is 167 Å². The third-order valence-electron chi connectivity index (χ3n) is 4.15. The summed E-state index contributed by atoms with van der Waals surface area (Å²) in [6.07, 6.45) is 1.55. The first-order chi connectivity index (χ1) is 13.8. The number of esters is 1. The second-order valence-corrected chi connectivity index (χ2v) is 6.30. The minimum Gasteiger partial charge on any atom is -0.504 e. The van der Waals surface area contributed by atoms with Crippen LogP contribution in [0.3, 0.4) is 0 Å². The van der Waals surface area contributed by atoms with Gasteiger partial charge in [0.25, 0.3) is 5.91 Å². The number of hydrogen-bond donors (Lipinski definition) is 4. The summed E-state index contributed by atoms with van der Waals surface area (Å²) in [4.78, 5) is 26.5. The molecule has 0 fully saturated rings. The third-order valence-corrected chi connectivity index (χ3v) is 4.15. The van der Waals surface area contributed by atoms with Gasteiger partial charge in [-0.05, 0) is 42.3 Å². The van der Waals surface area contributed by atoms with Gasteiger partial charge >= 0.3 is 5.97 Å². The molecule has 1 atom stereocenters. The molecule has 0 aliphatic carbocycles. The van der Waals surface area contributed by atoms with Crippen LogP contribution >= 0.6 is 0 Å². The van der Waals surface area contributed by atoms with Gasteiger partial charge in [-0.2, -0.15) is 0 Å². The van der Waals surface area contributed by atoms with Crippen molar-refractivity contribution in [2.75, 3.05) is 11.5 Å². The van der Waals surface area contributed by atoms with Gasteiger partial charge in [0.15, 0.2) is 23.0 Å². The molecule has 0 aliphatic rings. The number of phenols is 4. The van der Waals surface area contributed by atoms with Crippen molar-refractivity contribution in [3.05, 3.63) is 54.6 Å². The zero-order valence-corrected chi connectivity index (χ0v) is 15.9. The molecule has 0 bridgehead atoms. The van der Waals surface area contributed by atoms with Crippen molar-refractivity contribution in [2.45, 2.75) is 25.8 Å². The Hall–Kier alpha value is -3.68. The van der Waals surface area contributed by atoms with Gasteiger partial charge < -0.3 is 25.2 Å². The van der Waals surface area contributed by atoms with E-state index in [0.717, 1.165) is 17.0 Å². The second-order valence-electron chi connectivity index (χ2n) is 6.30. The lowest BCUT2D eigenvalue weighted by atomic mass is 10.0. The van der Waals surface area contributed by atoms with E-state index in [1.165, 1.54) is 30.3 Å². The Bertz CT molecular complexity index is 910. The quantitative estimate of drug-likeness (QED) is 0.304. The molecule has 154 valence electrons. The highest BCUT2D eigenvalue weighted by Gasteiger charge is 2.32. The summed E-state index contributed by atoms with van der Waals surface area (Å²) in [6, 6.07) is 6.59. The minimum atomic E-state index is -1.15. The lowest BCUT2D eigenvalue weighted by Gasteiger charge is -2.30. The van der Waals surface area contributed by atoms with Crippen molar-refractivity contribution < 1.29 is 34.8 Å². The molecular weight excluding hydrogens is 378 g/mol. The molecule has 0 radical (unpaired) electrons. The number of carbonyl (C=O) groups excluding carboxylic acids is 2. The van der Waals surface area contributed by atoms with E-state index in [1.54, 1.807) is 0 Å². The van der Waals surface area contributed by atoms with Crippen molar-refractivity contribution >= 4 is 17.6 Å². The number of anilines is 1. The van der Waals surface area contributed by atoms with Crippen LogP contribution in [0.2, 0.25) is 0 Å². The second kappa shape index (κ2) is 9.50. The SMILES string of the molecule is C=CC(=O)N(c1ccc(O)c(O)c1)[C@H](Cc1ccc(O)c(O)c1)C(=O)OCCC. The molecule has 0 heterocycles. The average Bonchev–Trinajstić information content (AvgIpc) is 2.70. The number of nitrogens with zero attached hydrogens (tertiary/aromatic N) is 1. The summed E-state index contributed by atoms with van der Waals surface area (Å²) < 4.78 is 5.24. The lowest BCUT2D eigenvalue weighted by Crippen LogP contribution is -2.47. The molecule has 8 nitrogen and oxygen atoms in total. The molecule has 0 aliphatic heterocycles. The molecule has 0 aromatic heterocycles. The lowest BCUT2D eigenvalue weighted by molar-refractivity contribution is -0.146. The average molecular weight is 401 g/mol. The number of hydrogen-bond acceptors (Lipinski definition) is 7. The number of rotatable bonds is 8. The smallest absolute Gasteiger partial charge is 0.329 e. The van der Waals surface area contributed by atoms with Gasteiger partial charge in [-0.3, -0.25) is 9.69 Å². The fourth-order valence-electron chi connectivity index (χ4n) is 2.72. The van der Waals surface area contributed by atoms with E-state index < -0.39 is 23.7 Å². The predicted molar refractivity (Wildman–Crippen MR) is 106 cm³/mol. The Balaban J connectivity index is 2.51. The molecule has 29 heavy (non-hydrogen) atoms. The highest BCUT2D eigenvalue weighted by molar-refractivity contribution is 6.05. The van der Waals surface area contributed by atoms with Crippen molar-refractivity contribution in [2.24, 2.45) is 0 Å². The maximum absolute atomic E-state index is 12.8. The van der Waals surface area contributed by atoms with Gasteiger partial charge in [0.1, 0.15) is 6.04 Å². The van der Waals surface area contributed by atoms with Crippen molar-refractivity contribution in [3.63, 3.8) is 0 Å². The Kier molecular flexibility index (Phi) is 7.08. The van der Waals surface area contributed by atoms with Gasteiger partial charge in [0, 0.05) is 18.2 Å². The number of ether oxygens (including phenoxy) is 1. The molecule has 2 aromatic carbocycles. The van der Waals surface area contributed by atoms with Crippen molar-refractivity contribution in [1.29, 1.82) is 0 Å². The van der Waals surface area contributed by atoms with Gasteiger partial charge in [0.2, 0.25) is 0 Å². The topological polar surface area (TPSA) is 128 Å². The van der Waals surface area contributed by atoms with Gasteiger partial charge in [-0.25, -0.2) is 4.79 Å². The molecule has 4 N–H and O–H groups in total. The molecule has 2 aromatic rings. The minimum absolute atomic E-state index is 0.0440. The molecule has 2 rings (SSSR count). The van der Waals surface area contributed by atoms with E-state index in [1.807, 2.05) is 6.92 Å². The number of carbonyl (C=O) groups is 2. The summed E-state index contributed by atoms with van der Waals surface area (Å²) >= 11 is 0. The van der Waals surface area contributed by atoms with Gasteiger partial charge in [-0.15, -0.1) is 0 Å². The highest BCUT2D eigenvalue weighted by Crippen LogP contribution is 2.32. The summed E-state index contributed by atoms with van der Waals surface area (Å²) in [5, 5.41) is 38.6. The number of aromatic hydroxyl groups is 4. The molecule has 1 amide bonds. The number of phenolic OH excluding ortho intramolecular Hbond substituents is 4. The summed E-state index contributed by atoms with van der Waals surface area (Å²) in [5.41, 5.74) is 0.607. The van der Waals surface area contributed by atoms with E-state index in [0.29, 0.717) is 12.0 Å². The van der Waals surface area contributed by atoms with E-state index >= 15 is 0 Å². The van der Waals surface area contributed by atoms with Gasteiger partial charge in [0.05, 0.1) is 6.61 Å². The zero-order chi connectivity index (χ0) is 21.6. The molecule has 0 spiro atoms. The molecule has 8 heteroatoms. The molecule has 0 saturated heterocycles. The van der Waals surface area contributed by atoms with Crippen LogP contribution in [0.15, 0.2) is 49.1 Å². The molecular formula is C21H23NO7. The summed E-state index contributed by atoms with van der Waals surface area (Å²) in [5.74, 6) is -2.85. The molecule has 0 saturated carbocycles. The maximum atomic E-state index is 12.8. The largest absolute Gasteiger partial charge is 0.504 e. The Morgan fingerprint density at radius 2 is 1.66 bits per heavy atom. The number of amides is 1. The fourth-order valence-corrected chi connectivity index (χ4v) is 2.72. The van der Waals surface area contributed by atoms with E-state index in [-0.39, 0.29) is 36.0 Å².